The summed E-state index contributed by atoms with van der Waals surface area (Å²) in [5, 5.41) is 9.66. The van der Waals surface area contributed by atoms with Gasteiger partial charge < -0.3 is 14.6 Å². The maximum absolute atomic E-state index is 11.6. The van der Waals surface area contributed by atoms with Crippen LogP contribution >= 0.6 is 0 Å². The van der Waals surface area contributed by atoms with Crippen LogP contribution in [-0.4, -0.2) is 25.3 Å². The zero-order chi connectivity index (χ0) is 11.8. The van der Waals surface area contributed by atoms with Gasteiger partial charge in [0.15, 0.2) is 11.5 Å². The highest BCUT2D eigenvalue weighted by molar-refractivity contribution is 5.86. The second-order valence-electron chi connectivity index (χ2n) is 3.96. The maximum Gasteiger partial charge on any atom is 0.316 e. The minimum atomic E-state index is -0.543. The molecule has 0 bridgehead atoms. The summed E-state index contributed by atoms with van der Waals surface area (Å²) >= 11 is 0. The number of hydrogen-bond donors (Lipinski definition) is 1. The normalized spacial score (nSPS) is 16.6. The predicted molar refractivity (Wildman–Crippen MR) is 57.6 cm³/mol. The first-order valence-corrected chi connectivity index (χ1v) is 5.10. The van der Waals surface area contributed by atoms with Crippen molar-refractivity contribution in [1.29, 1.82) is 0 Å². The topological polar surface area (TPSA) is 55.8 Å². The lowest BCUT2D eigenvalue weighted by molar-refractivity contribution is -0.143. The summed E-state index contributed by atoms with van der Waals surface area (Å²) in [6.45, 7) is 0. The molecule has 2 rings (SSSR count). The minimum absolute atomic E-state index is 0.0511. The maximum atomic E-state index is 11.6. The molecule has 86 valence electrons. The van der Waals surface area contributed by atoms with Gasteiger partial charge in [-0.25, -0.2) is 0 Å². The number of phenols is 1. The molecule has 1 fully saturated rings. The molecule has 0 atom stereocenters. The Labute approximate surface area is 93.8 Å². The third-order valence-corrected chi connectivity index (χ3v) is 3.06. The van der Waals surface area contributed by atoms with Gasteiger partial charge in [0.1, 0.15) is 0 Å². The molecule has 16 heavy (non-hydrogen) atoms. The number of methoxy groups -OCH3 is 2. The molecular weight excluding hydrogens is 208 g/mol. The molecule has 1 aromatic rings. The summed E-state index contributed by atoms with van der Waals surface area (Å²) in [6, 6.07) is 5.03. The third-order valence-electron chi connectivity index (χ3n) is 3.06. The Morgan fingerprint density at radius 1 is 1.38 bits per heavy atom. The molecule has 4 nitrogen and oxygen atoms in total. The van der Waals surface area contributed by atoms with Gasteiger partial charge >= 0.3 is 5.97 Å². The van der Waals surface area contributed by atoms with E-state index in [1.54, 1.807) is 18.2 Å². The van der Waals surface area contributed by atoms with Gasteiger partial charge in [0.25, 0.3) is 0 Å². The van der Waals surface area contributed by atoms with Crippen molar-refractivity contribution in [2.75, 3.05) is 14.2 Å². The van der Waals surface area contributed by atoms with E-state index in [0.29, 0.717) is 5.75 Å². The van der Waals surface area contributed by atoms with Gasteiger partial charge in [-0.05, 0) is 30.5 Å². The van der Waals surface area contributed by atoms with Crippen LogP contribution in [0, 0.1) is 0 Å². The zero-order valence-electron chi connectivity index (χ0n) is 9.32. The number of carbonyl (C=O) groups excluding carboxylic acids is 1. The standard InChI is InChI=1S/C12H14O4/c1-15-10-4-3-8(7-9(10)13)12(5-6-12)11(14)16-2/h3-4,7,13H,5-6H2,1-2H3. The van der Waals surface area contributed by atoms with Crippen molar-refractivity contribution in [3.63, 3.8) is 0 Å². The van der Waals surface area contributed by atoms with Crippen LogP contribution in [0.5, 0.6) is 11.5 Å². The van der Waals surface area contributed by atoms with E-state index in [2.05, 4.69) is 0 Å². The van der Waals surface area contributed by atoms with Gasteiger partial charge in [-0.3, -0.25) is 4.79 Å². The third kappa shape index (κ3) is 1.50. The van der Waals surface area contributed by atoms with Crippen LogP contribution < -0.4 is 4.74 Å². The number of esters is 1. The number of phenolic OH excluding ortho intramolecular Hbond substituents is 1. The molecule has 1 N–H and O–H groups in total. The lowest BCUT2D eigenvalue weighted by atomic mass is 9.96. The van der Waals surface area contributed by atoms with Crippen LogP contribution in [0.25, 0.3) is 0 Å². The molecule has 1 saturated carbocycles. The average Bonchev–Trinajstić information content (AvgIpc) is 3.09. The molecule has 4 heteroatoms. The second kappa shape index (κ2) is 3.70. The molecular formula is C12H14O4. The summed E-state index contributed by atoms with van der Waals surface area (Å²) in [5.41, 5.74) is 0.246. The summed E-state index contributed by atoms with van der Waals surface area (Å²) in [6.07, 6.45) is 1.54. The molecule has 0 saturated heterocycles. The Hall–Kier alpha value is -1.71. The summed E-state index contributed by atoms with van der Waals surface area (Å²) in [5.74, 6) is 0.219. The molecule has 1 aliphatic carbocycles. The van der Waals surface area contributed by atoms with Crippen LogP contribution in [0.2, 0.25) is 0 Å². The molecule has 0 amide bonds. The number of benzene rings is 1. The first-order chi connectivity index (χ1) is 7.64. The van der Waals surface area contributed by atoms with Gasteiger partial charge in [-0.1, -0.05) is 6.07 Å². The van der Waals surface area contributed by atoms with Gasteiger partial charge in [0.05, 0.1) is 19.6 Å². The molecule has 0 spiro atoms. The minimum Gasteiger partial charge on any atom is -0.504 e. The Bertz CT molecular complexity index is 421. The van der Waals surface area contributed by atoms with Crippen molar-refractivity contribution < 1.29 is 19.4 Å². The summed E-state index contributed by atoms with van der Waals surface area (Å²) < 4.78 is 9.73. The number of ether oxygens (including phenoxy) is 2. The lowest BCUT2D eigenvalue weighted by Crippen LogP contribution is -2.21. The number of aromatic hydroxyl groups is 1. The molecule has 0 unspecified atom stereocenters. The monoisotopic (exact) mass is 222 g/mol. The van der Waals surface area contributed by atoms with E-state index < -0.39 is 5.41 Å². The fourth-order valence-corrected chi connectivity index (χ4v) is 1.92. The Balaban J connectivity index is 2.35. The van der Waals surface area contributed by atoms with E-state index in [4.69, 9.17) is 9.47 Å². The SMILES string of the molecule is COC(=O)C1(c2ccc(OC)c(O)c2)CC1. The highest BCUT2D eigenvalue weighted by Crippen LogP contribution is 2.50. The van der Waals surface area contributed by atoms with Crippen molar-refractivity contribution in [3.8, 4) is 11.5 Å². The van der Waals surface area contributed by atoms with E-state index in [0.717, 1.165) is 18.4 Å². The largest absolute Gasteiger partial charge is 0.504 e. The van der Waals surface area contributed by atoms with Gasteiger partial charge in [0, 0.05) is 0 Å². The van der Waals surface area contributed by atoms with Crippen molar-refractivity contribution in [2.45, 2.75) is 18.3 Å². The first kappa shape index (κ1) is 10.8. The number of rotatable bonds is 3. The van der Waals surface area contributed by atoms with Crippen LogP contribution in [-0.2, 0) is 14.9 Å². The summed E-state index contributed by atoms with van der Waals surface area (Å²) in [4.78, 5) is 11.6. The van der Waals surface area contributed by atoms with E-state index in [-0.39, 0.29) is 11.7 Å². The van der Waals surface area contributed by atoms with Crippen molar-refractivity contribution in [2.24, 2.45) is 0 Å². The predicted octanol–water partition coefficient (Wildman–Crippen LogP) is 1.61. The first-order valence-electron chi connectivity index (χ1n) is 5.10. The summed E-state index contributed by atoms with van der Waals surface area (Å²) in [7, 11) is 2.87. The number of hydrogen-bond acceptors (Lipinski definition) is 4. The van der Waals surface area contributed by atoms with Gasteiger partial charge in [0.2, 0.25) is 0 Å². The molecule has 0 aliphatic heterocycles. The van der Waals surface area contributed by atoms with Crippen molar-refractivity contribution in [3.05, 3.63) is 23.8 Å². The fourth-order valence-electron chi connectivity index (χ4n) is 1.92. The van der Waals surface area contributed by atoms with Crippen molar-refractivity contribution >= 4 is 5.97 Å². The fraction of sp³-hybridized carbons (Fsp3) is 0.417. The zero-order valence-corrected chi connectivity index (χ0v) is 9.32. The van der Waals surface area contributed by atoms with E-state index in [9.17, 15) is 9.90 Å². The van der Waals surface area contributed by atoms with E-state index in [1.165, 1.54) is 14.2 Å². The quantitative estimate of drug-likeness (QED) is 0.789. The molecule has 0 aromatic heterocycles. The van der Waals surface area contributed by atoms with Crippen LogP contribution in [0.4, 0.5) is 0 Å². The number of carbonyl (C=O) groups is 1. The van der Waals surface area contributed by atoms with E-state index in [1.807, 2.05) is 0 Å². The Morgan fingerprint density at radius 2 is 2.06 bits per heavy atom. The Morgan fingerprint density at radius 3 is 2.50 bits per heavy atom. The highest BCUT2D eigenvalue weighted by Gasteiger charge is 2.52. The van der Waals surface area contributed by atoms with Gasteiger partial charge in [-0.2, -0.15) is 0 Å². The molecule has 0 heterocycles. The molecule has 1 aliphatic rings. The van der Waals surface area contributed by atoms with E-state index >= 15 is 0 Å². The average molecular weight is 222 g/mol. The van der Waals surface area contributed by atoms with Crippen LogP contribution in [0.15, 0.2) is 18.2 Å². The lowest BCUT2D eigenvalue weighted by Gasteiger charge is -2.14. The van der Waals surface area contributed by atoms with Gasteiger partial charge in [-0.15, -0.1) is 0 Å². The van der Waals surface area contributed by atoms with Crippen LogP contribution in [0.1, 0.15) is 18.4 Å². The second-order valence-corrected chi connectivity index (χ2v) is 3.96. The highest BCUT2D eigenvalue weighted by atomic mass is 16.5. The molecule has 1 aromatic carbocycles. The molecule has 0 radical (unpaired) electrons. The Kier molecular flexibility index (Phi) is 2.50. The smallest absolute Gasteiger partial charge is 0.316 e. The van der Waals surface area contributed by atoms with Crippen molar-refractivity contribution in [1.82, 2.24) is 0 Å². The van der Waals surface area contributed by atoms with Crippen LogP contribution in [0.3, 0.4) is 0 Å².